The van der Waals surface area contributed by atoms with E-state index in [0.29, 0.717) is 0 Å². The minimum atomic E-state index is 1.28. The van der Waals surface area contributed by atoms with Crippen molar-refractivity contribution in [3.05, 3.63) is 94.0 Å². The zero-order valence-electron chi connectivity index (χ0n) is 22.2. The van der Waals surface area contributed by atoms with E-state index in [4.69, 9.17) is 0 Å². The lowest BCUT2D eigenvalue weighted by molar-refractivity contribution is 1.01. The molecule has 0 aliphatic heterocycles. The lowest BCUT2D eigenvalue weighted by Gasteiger charge is -2.13. The first kappa shape index (κ1) is 23.8. The molecule has 0 radical (unpaired) electrons. The Bertz CT molecular complexity index is 1370. The van der Waals surface area contributed by atoms with E-state index < -0.39 is 0 Å². The fourth-order valence-electron chi connectivity index (χ4n) is 5.80. The third kappa shape index (κ3) is 3.94. The standard InChI is InChI=1S/C31H31N.C2H6/c1-18-12-20(3)30(21(4)13-18)24-8-10-28-26(16-24)27-17-25(9-11-29(27)32(28)7)31-22(5)14-19(2)15-23(31)6;1-2/h8-17H,1-7H3;1-2H3. The van der Waals surface area contributed by atoms with Crippen molar-refractivity contribution in [1.29, 1.82) is 0 Å². The Labute approximate surface area is 205 Å². The van der Waals surface area contributed by atoms with Crippen LogP contribution in [0.5, 0.6) is 0 Å². The van der Waals surface area contributed by atoms with Crippen LogP contribution in [-0.2, 0) is 7.05 Å². The molecule has 0 fully saturated rings. The molecule has 4 aromatic carbocycles. The molecule has 5 rings (SSSR count). The molecule has 0 aliphatic carbocycles. The number of hydrogen-bond donors (Lipinski definition) is 0. The maximum atomic E-state index is 2.39. The van der Waals surface area contributed by atoms with Gasteiger partial charge in [-0.05, 0) is 110 Å². The van der Waals surface area contributed by atoms with Crippen molar-refractivity contribution in [1.82, 2.24) is 4.57 Å². The summed E-state index contributed by atoms with van der Waals surface area (Å²) in [4.78, 5) is 0. The van der Waals surface area contributed by atoms with Crippen LogP contribution in [0.3, 0.4) is 0 Å². The highest BCUT2D eigenvalue weighted by Crippen LogP contribution is 2.37. The quantitative estimate of drug-likeness (QED) is 0.254. The number of hydrogen-bond acceptors (Lipinski definition) is 0. The first-order valence-corrected chi connectivity index (χ1v) is 12.4. The predicted octanol–water partition coefficient (Wildman–Crippen LogP) is 9.54. The smallest absolute Gasteiger partial charge is 0.0489 e. The van der Waals surface area contributed by atoms with E-state index in [2.05, 4.69) is 114 Å². The molecule has 0 atom stereocenters. The molecule has 5 aromatic rings. The van der Waals surface area contributed by atoms with E-state index in [9.17, 15) is 0 Å². The average molecular weight is 448 g/mol. The average Bonchev–Trinajstić information content (AvgIpc) is 3.05. The number of aromatic nitrogens is 1. The summed E-state index contributed by atoms with van der Waals surface area (Å²) in [7, 11) is 2.18. The van der Waals surface area contributed by atoms with Crippen molar-refractivity contribution >= 4 is 21.8 Å². The number of fused-ring (bicyclic) bond motifs is 3. The van der Waals surface area contributed by atoms with Crippen LogP contribution in [0.25, 0.3) is 44.1 Å². The van der Waals surface area contributed by atoms with Gasteiger partial charge in [0.2, 0.25) is 0 Å². The molecule has 34 heavy (non-hydrogen) atoms. The molecule has 0 N–H and O–H groups in total. The molecule has 174 valence electrons. The second kappa shape index (κ2) is 9.14. The van der Waals surface area contributed by atoms with Crippen molar-refractivity contribution < 1.29 is 0 Å². The Kier molecular flexibility index (Phi) is 6.41. The van der Waals surface area contributed by atoms with Gasteiger partial charge in [-0.2, -0.15) is 0 Å². The van der Waals surface area contributed by atoms with Gasteiger partial charge in [0.1, 0.15) is 0 Å². The summed E-state index contributed by atoms with van der Waals surface area (Å²) < 4.78 is 2.32. The summed E-state index contributed by atoms with van der Waals surface area (Å²) in [5.41, 5.74) is 15.9. The second-order valence-corrected chi connectivity index (χ2v) is 9.57. The Morgan fingerprint density at radius 1 is 0.471 bits per heavy atom. The summed E-state index contributed by atoms with van der Waals surface area (Å²) in [6.07, 6.45) is 0. The Balaban J connectivity index is 0.00000133. The SMILES string of the molecule is CC.Cc1cc(C)c(-c2ccc3c(c2)c2cc(-c4c(C)cc(C)cc4C)ccc2n3C)c(C)c1. The molecule has 0 aliphatic rings. The van der Waals surface area contributed by atoms with Crippen LogP contribution >= 0.6 is 0 Å². The first-order chi connectivity index (χ1) is 16.2. The van der Waals surface area contributed by atoms with Gasteiger partial charge in [-0.25, -0.2) is 0 Å². The van der Waals surface area contributed by atoms with Crippen molar-refractivity contribution in [2.24, 2.45) is 7.05 Å². The van der Waals surface area contributed by atoms with E-state index in [1.54, 1.807) is 0 Å². The van der Waals surface area contributed by atoms with Crippen LogP contribution in [0.1, 0.15) is 47.2 Å². The number of benzene rings is 4. The van der Waals surface area contributed by atoms with E-state index >= 15 is 0 Å². The Morgan fingerprint density at radius 2 is 0.794 bits per heavy atom. The van der Waals surface area contributed by atoms with Gasteiger partial charge in [0.15, 0.2) is 0 Å². The monoisotopic (exact) mass is 447 g/mol. The summed E-state index contributed by atoms with van der Waals surface area (Å²) in [5.74, 6) is 0. The Morgan fingerprint density at radius 3 is 1.12 bits per heavy atom. The largest absolute Gasteiger partial charge is 0.344 e. The molecule has 1 heterocycles. The Hall–Kier alpha value is -3.32. The maximum Gasteiger partial charge on any atom is 0.0489 e. The summed E-state index contributed by atoms with van der Waals surface area (Å²) in [6.45, 7) is 17.3. The van der Waals surface area contributed by atoms with Gasteiger partial charge >= 0.3 is 0 Å². The van der Waals surface area contributed by atoms with Crippen LogP contribution in [0.15, 0.2) is 60.7 Å². The highest BCUT2D eigenvalue weighted by molar-refractivity contribution is 6.10. The summed E-state index contributed by atoms with van der Waals surface area (Å²) in [5, 5.41) is 2.65. The molecule has 1 nitrogen and oxygen atoms in total. The fourth-order valence-corrected chi connectivity index (χ4v) is 5.80. The van der Waals surface area contributed by atoms with Crippen LogP contribution in [-0.4, -0.2) is 4.57 Å². The zero-order valence-corrected chi connectivity index (χ0v) is 22.2. The lowest BCUT2D eigenvalue weighted by Crippen LogP contribution is -1.91. The van der Waals surface area contributed by atoms with Crippen LogP contribution in [0.2, 0.25) is 0 Å². The maximum absolute atomic E-state index is 2.39. The highest BCUT2D eigenvalue weighted by Gasteiger charge is 2.14. The van der Waals surface area contributed by atoms with E-state index in [1.165, 1.54) is 77.4 Å². The van der Waals surface area contributed by atoms with Gasteiger partial charge in [0.25, 0.3) is 0 Å². The van der Waals surface area contributed by atoms with Crippen molar-refractivity contribution in [3.63, 3.8) is 0 Å². The number of nitrogens with zero attached hydrogens (tertiary/aromatic N) is 1. The fraction of sp³-hybridized carbons (Fsp3) is 0.273. The van der Waals surface area contributed by atoms with Gasteiger partial charge in [0, 0.05) is 28.9 Å². The predicted molar refractivity (Wildman–Crippen MR) is 151 cm³/mol. The molecule has 0 bridgehead atoms. The molecule has 1 aromatic heterocycles. The molecule has 0 spiro atoms. The molecule has 0 saturated carbocycles. The molecule has 1 heteroatoms. The van der Waals surface area contributed by atoms with Crippen molar-refractivity contribution in [2.75, 3.05) is 0 Å². The van der Waals surface area contributed by atoms with Crippen molar-refractivity contribution in [2.45, 2.75) is 55.4 Å². The summed E-state index contributed by atoms with van der Waals surface area (Å²) >= 11 is 0. The topological polar surface area (TPSA) is 4.93 Å². The minimum Gasteiger partial charge on any atom is -0.344 e. The third-order valence-electron chi connectivity index (χ3n) is 6.94. The zero-order chi connectivity index (χ0) is 24.7. The minimum absolute atomic E-state index is 1.28. The van der Waals surface area contributed by atoms with Crippen molar-refractivity contribution in [3.8, 4) is 22.3 Å². The highest BCUT2D eigenvalue weighted by atomic mass is 14.9. The second-order valence-electron chi connectivity index (χ2n) is 9.57. The molecular weight excluding hydrogens is 410 g/mol. The van der Waals surface area contributed by atoms with Gasteiger partial charge in [-0.3, -0.25) is 0 Å². The van der Waals surface area contributed by atoms with Gasteiger partial charge in [0.05, 0.1) is 0 Å². The first-order valence-electron chi connectivity index (χ1n) is 12.4. The molecule has 0 unspecified atom stereocenters. The van der Waals surface area contributed by atoms with Gasteiger partial charge in [-0.1, -0.05) is 61.4 Å². The van der Waals surface area contributed by atoms with E-state index in [0.717, 1.165) is 0 Å². The van der Waals surface area contributed by atoms with Crippen LogP contribution in [0.4, 0.5) is 0 Å². The summed E-state index contributed by atoms with van der Waals surface area (Å²) in [6, 6.07) is 23.1. The van der Waals surface area contributed by atoms with E-state index in [-0.39, 0.29) is 0 Å². The van der Waals surface area contributed by atoms with Crippen LogP contribution < -0.4 is 0 Å². The molecule has 0 saturated heterocycles. The lowest BCUT2D eigenvalue weighted by atomic mass is 9.91. The van der Waals surface area contributed by atoms with Gasteiger partial charge in [-0.15, -0.1) is 0 Å². The van der Waals surface area contributed by atoms with Gasteiger partial charge < -0.3 is 4.57 Å². The molecule has 0 amide bonds. The van der Waals surface area contributed by atoms with Crippen LogP contribution in [0, 0.1) is 41.5 Å². The normalized spacial score (nSPS) is 11.1. The number of aryl methyl sites for hydroxylation is 7. The van der Waals surface area contributed by atoms with E-state index in [1.807, 2.05) is 13.8 Å². The molecular formula is C33H37N. The third-order valence-corrected chi connectivity index (χ3v) is 6.94. The number of rotatable bonds is 2.